The number of hydrogen-bond acceptors (Lipinski definition) is 4. The van der Waals surface area contributed by atoms with Crippen molar-refractivity contribution in [1.82, 2.24) is 15.2 Å². The number of anilines is 2. The molecule has 4 nitrogen and oxygen atoms in total. The zero-order valence-electron chi connectivity index (χ0n) is 9.96. The zero-order chi connectivity index (χ0) is 14.9. The lowest BCUT2D eigenvalue weighted by atomic mass is 10.1. The Bertz CT molecular complexity index is 646. The van der Waals surface area contributed by atoms with E-state index in [1.807, 2.05) is 0 Å². The molecule has 2 aromatic rings. The summed E-state index contributed by atoms with van der Waals surface area (Å²) in [5, 5.41) is 9.27. The standard InChI is InChI=1S/C11H7Cl2F3N4/c1-5-2-3-6(4-7(5)11(14,15)16)17-9-8(12)19-20-10(13)18-9/h2-4H,1H3,(H,17,18,20). The molecule has 20 heavy (non-hydrogen) atoms. The summed E-state index contributed by atoms with van der Waals surface area (Å²) in [7, 11) is 0. The van der Waals surface area contributed by atoms with E-state index in [9.17, 15) is 13.2 Å². The van der Waals surface area contributed by atoms with Crippen LogP contribution in [-0.4, -0.2) is 15.2 Å². The van der Waals surface area contributed by atoms with E-state index in [0.29, 0.717) is 0 Å². The van der Waals surface area contributed by atoms with Crippen molar-refractivity contribution in [3.05, 3.63) is 39.8 Å². The van der Waals surface area contributed by atoms with Crippen molar-refractivity contribution < 1.29 is 13.2 Å². The summed E-state index contributed by atoms with van der Waals surface area (Å²) >= 11 is 11.3. The second-order valence-electron chi connectivity index (χ2n) is 3.87. The van der Waals surface area contributed by atoms with E-state index >= 15 is 0 Å². The van der Waals surface area contributed by atoms with E-state index in [4.69, 9.17) is 23.2 Å². The van der Waals surface area contributed by atoms with Crippen LogP contribution in [0.3, 0.4) is 0 Å². The molecule has 0 bridgehead atoms. The highest BCUT2D eigenvalue weighted by Crippen LogP contribution is 2.34. The molecule has 0 amide bonds. The van der Waals surface area contributed by atoms with Crippen molar-refractivity contribution in [2.24, 2.45) is 0 Å². The highest BCUT2D eigenvalue weighted by atomic mass is 35.5. The number of nitrogens with zero attached hydrogens (tertiary/aromatic N) is 3. The fourth-order valence-electron chi connectivity index (χ4n) is 1.51. The van der Waals surface area contributed by atoms with Gasteiger partial charge in [-0.05, 0) is 36.2 Å². The predicted molar refractivity (Wildman–Crippen MR) is 69.3 cm³/mol. The third kappa shape index (κ3) is 3.29. The number of alkyl halides is 3. The first-order chi connectivity index (χ1) is 9.27. The zero-order valence-corrected chi connectivity index (χ0v) is 11.5. The Morgan fingerprint density at radius 1 is 1.15 bits per heavy atom. The van der Waals surface area contributed by atoms with Gasteiger partial charge in [-0.1, -0.05) is 17.7 Å². The monoisotopic (exact) mass is 322 g/mol. The van der Waals surface area contributed by atoms with Crippen molar-refractivity contribution in [2.75, 3.05) is 5.32 Å². The second-order valence-corrected chi connectivity index (χ2v) is 4.57. The van der Waals surface area contributed by atoms with Crippen molar-refractivity contribution in [1.29, 1.82) is 0 Å². The molecule has 0 aliphatic rings. The van der Waals surface area contributed by atoms with Crippen molar-refractivity contribution in [3.63, 3.8) is 0 Å². The molecule has 1 aromatic carbocycles. The molecule has 0 saturated carbocycles. The smallest absolute Gasteiger partial charge is 0.337 e. The van der Waals surface area contributed by atoms with Gasteiger partial charge in [0.1, 0.15) is 0 Å². The number of halogens is 5. The Morgan fingerprint density at radius 2 is 1.85 bits per heavy atom. The van der Waals surface area contributed by atoms with Crippen LogP contribution in [0, 0.1) is 6.92 Å². The highest BCUT2D eigenvalue weighted by molar-refractivity contribution is 6.32. The van der Waals surface area contributed by atoms with Crippen LogP contribution in [0.4, 0.5) is 24.7 Å². The largest absolute Gasteiger partial charge is 0.416 e. The number of rotatable bonds is 2. The van der Waals surface area contributed by atoms with Crippen LogP contribution in [0.25, 0.3) is 0 Å². The number of nitrogens with one attached hydrogen (secondary N) is 1. The molecule has 0 radical (unpaired) electrons. The molecule has 1 N–H and O–H groups in total. The van der Waals surface area contributed by atoms with Crippen molar-refractivity contribution >= 4 is 34.7 Å². The van der Waals surface area contributed by atoms with E-state index < -0.39 is 11.7 Å². The Balaban J connectivity index is 2.37. The minimum Gasteiger partial charge on any atom is -0.337 e. The van der Waals surface area contributed by atoms with Gasteiger partial charge in [-0.2, -0.15) is 18.2 Å². The summed E-state index contributed by atoms with van der Waals surface area (Å²) in [6.07, 6.45) is -4.44. The Morgan fingerprint density at radius 3 is 2.50 bits per heavy atom. The summed E-state index contributed by atoms with van der Waals surface area (Å²) < 4.78 is 38.4. The van der Waals surface area contributed by atoms with Crippen LogP contribution in [0.1, 0.15) is 11.1 Å². The third-order valence-electron chi connectivity index (χ3n) is 2.43. The number of benzene rings is 1. The van der Waals surface area contributed by atoms with Gasteiger partial charge in [-0.3, -0.25) is 0 Å². The predicted octanol–water partition coefficient (Wildman–Crippen LogP) is 4.25. The Kier molecular flexibility index (Phi) is 4.01. The molecule has 0 aliphatic heterocycles. The number of hydrogen-bond donors (Lipinski definition) is 1. The molecule has 2 rings (SSSR count). The first kappa shape index (κ1) is 14.8. The van der Waals surface area contributed by atoms with E-state index in [1.165, 1.54) is 19.1 Å². The molecule has 0 aliphatic carbocycles. The average molecular weight is 323 g/mol. The highest BCUT2D eigenvalue weighted by Gasteiger charge is 2.32. The van der Waals surface area contributed by atoms with Gasteiger partial charge >= 0.3 is 6.18 Å². The van der Waals surface area contributed by atoms with Crippen molar-refractivity contribution in [3.8, 4) is 0 Å². The maximum atomic E-state index is 12.8. The van der Waals surface area contributed by atoms with E-state index in [-0.39, 0.29) is 27.5 Å². The van der Waals surface area contributed by atoms with Gasteiger partial charge in [-0.15, -0.1) is 10.2 Å². The first-order valence-electron chi connectivity index (χ1n) is 5.28. The topological polar surface area (TPSA) is 50.7 Å². The van der Waals surface area contributed by atoms with Crippen molar-refractivity contribution in [2.45, 2.75) is 13.1 Å². The number of aromatic nitrogens is 3. The average Bonchev–Trinajstić information content (AvgIpc) is 2.35. The number of aryl methyl sites for hydroxylation is 1. The van der Waals surface area contributed by atoms with Gasteiger partial charge < -0.3 is 5.32 Å². The lowest BCUT2D eigenvalue weighted by molar-refractivity contribution is -0.138. The van der Waals surface area contributed by atoms with Crippen LogP contribution < -0.4 is 5.32 Å². The second kappa shape index (κ2) is 5.41. The van der Waals surface area contributed by atoms with E-state index in [1.54, 1.807) is 0 Å². The molecule has 1 aromatic heterocycles. The summed E-state index contributed by atoms with van der Waals surface area (Å²) in [4.78, 5) is 3.75. The van der Waals surface area contributed by atoms with Crippen LogP contribution in [0.2, 0.25) is 10.4 Å². The van der Waals surface area contributed by atoms with Crippen LogP contribution in [0.15, 0.2) is 18.2 Å². The Labute approximate surface area is 121 Å². The van der Waals surface area contributed by atoms with Gasteiger partial charge in [-0.25, -0.2) is 0 Å². The lowest BCUT2D eigenvalue weighted by Crippen LogP contribution is -2.08. The van der Waals surface area contributed by atoms with Crippen LogP contribution in [0.5, 0.6) is 0 Å². The van der Waals surface area contributed by atoms with Crippen LogP contribution >= 0.6 is 23.2 Å². The van der Waals surface area contributed by atoms with Gasteiger partial charge in [0.05, 0.1) is 5.56 Å². The molecule has 0 fully saturated rings. The summed E-state index contributed by atoms with van der Waals surface area (Å²) in [6.45, 7) is 1.38. The van der Waals surface area contributed by atoms with Gasteiger partial charge in [0.15, 0.2) is 11.0 Å². The minimum absolute atomic E-state index is 0.0312. The maximum Gasteiger partial charge on any atom is 0.416 e. The first-order valence-corrected chi connectivity index (χ1v) is 6.03. The third-order valence-corrected chi connectivity index (χ3v) is 2.84. The molecular weight excluding hydrogens is 316 g/mol. The summed E-state index contributed by atoms with van der Waals surface area (Å²) in [5.74, 6) is 0.0312. The fraction of sp³-hybridized carbons (Fsp3) is 0.182. The molecule has 9 heteroatoms. The quantitative estimate of drug-likeness (QED) is 0.898. The minimum atomic E-state index is -4.44. The Hall–Kier alpha value is -1.60. The fourth-order valence-corrected chi connectivity index (χ4v) is 1.76. The van der Waals surface area contributed by atoms with E-state index in [2.05, 4.69) is 20.5 Å². The van der Waals surface area contributed by atoms with Gasteiger partial charge in [0.2, 0.25) is 5.28 Å². The summed E-state index contributed by atoms with van der Waals surface area (Å²) in [5.41, 5.74) is -0.457. The van der Waals surface area contributed by atoms with Crippen LogP contribution in [-0.2, 0) is 6.18 Å². The normalized spacial score (nSPS) is 11.5. The molecular formula is C11H7Cl2F3N4. The lowest BCUT2D eigenvalue weighted by Gasteiger charge is -2.13. The maximum absolute atomic E-state index is 12.8. The van der Waals surface area contributed by atoms with Gasteiger partial charge in [0, 0.05) is 5.69 Å². The molecule has 0 saturated heterocycles. The molecule has 0 atom stereocenters. The molecule has 0 unspecified atom stereocenters. The summed E-state index contributed by atoms with van der Waals surface area (Å²) in [6, 6.07) is 3.77. The van der Waals surface area contributed by atoms with Gasteiger partial charge in [0.25, 0.3) is 0 Å². The molecule has 106 valence electrons. The molecule has 1 heterocycles. The molecule has 0 spiro atoms. The SMILES string of the molecule is Cc1ccc(Nc2nc(Cl)nnc2Cl)cc1C(F)(F)F. The van der Waals surface area contributed by atoms with E-state index in [0.717, 1.165) is 6.07 Å².